The van der Waals surface area contributed by atoms with Crippen molar-refractivity contribution >= 4 is 22.6 Å². The van der Waals surface area contributed by atoms with Crippen molar-refractivity contribution in [1.29, 1.82) is 0 Å². The molecular formula is C17H21FN2O2. The smallest absolute Gasteiger partial charge is 0.340 e. The molecule has 1 heterocycles. The van der Waals surface area contributed by atoms with E-state index in [2.05, 4.69) is 10.3 Å². The molecule has 22 heavy (non-hydrogen) atoms. The molecule has 118 valence electrons. The van der Waals surface area contributed by atoms with Crippen molar-refractivity contribution in [3.05, 3.63) is 35.3 Å². The number of hydrogen-bond acceptors (Lipinski definition) is 4. The van der Waals surface area contributed by atoms with E-state index in [0.29, 0.717) is 27.8 Å². The van der Waals surface area contributed by atoms with Crippen LogP contribution < -0.4 is 5.32 Å². The lowest BCUT2D eigenvalue weighted by Gasteiger charge is -2.23. The van der Waals surface area contributed by atoms with Crippen molar-refractivity contribution in [2.24, 2.45) is 0 Å². The van der Waals surface area contributed by atoms with Gasteiger partial charge in [-0.05, 0) is 52.8 Å². The Balaban J connectivity index is 2.72. The fourth-order valence-electron chi connectivity index (χ4n) is 2.32. The summed E-state index contributed by atoms with van der Waals surface area (Å²) in [5.74, 6) is -0.246. The van der Waals surface area contributed by atoms with E-state index >= 15 is 0 Å². The molecule has 4 nitrogen and oxygen atoms in total. The normalized spacial score (nSPS) is 11.5. The minimum atomic E-state index is -0.481. The molecule has 5 heteroatoms. The molecule has 1 N–H and O–H groups in total. The average molecular weight is 304 g/mol. The zero-order valence-corrected chi connectivity index (χ0v) is 13.6. The Kier molecular flexibility index (Phi) is 4.35. The predicted octanol–water partition coefficient (Wildman–Crippen LogP) is 4.07. The van der Waals surface area contributed by atoms with Gasteiger partial charge in [0.1, 0.15) is 11.6 Å². The van der Waals surface area contributed by atoms with E-state index in [-0.39, 0.29) is 12.1 Å². The Morgan fingerprint density at radius 1 is 1.32 bits per heavy atom. The summed E-state index contributed by atoms with van der Waals surface area (Å²) >= 11 is 0. The number of ether oxygens (including phenoxy) is 1. The summed E-state index contributed by atoms with van der Waals surface area (Å²) in [5, 5.41) is 4.51. The van der Waals surface area contributed by atoms with E-state index in [1.54, 1.807) is 19.9 Å². The molecule has 0 aliphatic carbocycles. The molecule has 0 amide bonds. The largest absolute Gasteiger partial charge is 0.462 e. The lowest BCUT2D eigenvalue weighted by Crippen LogP contribution is -2.27. The number of pyridine rings is 1. The van der Waals surface area contributed by atoms with Crippen LogP contribution in [0, 0.1) is 12.7 Å². The summed E-state index contributed by atoms with van der Waals surface area (Å²) in [4.78, 5) is 16.7. The number of carbonyl (C=O) groups excluding carboxylic acids is 1. The zero-order valence-electron chi connectivity index (χ0n) is 13.6. The summed E-state index contributed by atoms with van der Waals surface area (Å²) < 4.78 is 18.7. The first kappa shape index (κ1) is 16.2. The summed E-state index contributed by atoms with van der Waals surface area (Å²) in [6.45, 7) is 9.76. The molecule has 0 unspecified atom stereocenters. The van der Waals surface area contributed by atoms with Gasteiger partial charge < -0.3 is 10.1 Å². The highest BCUT2D eigenvalue weighted by Crippen LogP contribution is 2.30. The summed E-state index contributed by atoms with van der Waals surface area (Å²) in [6, 6.07) is 4.35. The van der Waals surface area contributed by atoms with Crippen LogP contribution in [-0.2, 0) is 4.74 Å². The maximum atomic E-state index is 13.7. The molecule has 0 radical (unpaired) electrons. The Hall–Kier alpha value is -2.17. The minimum Gasteiger partial charge on any atom is -0.462 e. The topological polar surface area (TPSA) is 51.2 Å². The number of fused-ring (bicyclic) bond motifs is 1. The van der Waals surface area contributed by atoms with Crippen LogP contribution in [0.15, 0.2) is 18.2 Å². The van der Waals surface area contributed by atoms with Gasteiger partial charge in [0.25, 0.3) is 0 Å². The second-order valence-electron chi connectivity index (χ2n) is 6.21. The highest BCUT2D eigenvalue weighted by molar-refractivity contribution is 6.08. The van der Waals surface area contributed by atoms with Crippen LogP contribution in [0.5, 0.6) is 0 Å². The number of aromatic nitrogens is 1. The number of rotatable bonds is 3. The molecule has 0 bridgehead atoms. The molecule has 0 aliphatic rings. The summed E-state index contributed by atoms with van der Waals surface area (Å²) in [6.07, 6.45) is 0. The van der Waals surface area contributed by atoms with Gasteiger partial charge in [-0.2, -0.15) is 0 Å². The zero-order chi connectivity index (χ0) is 16.5. The predicted molar refractivity (Wildman–Crippen MR) is 85.8 cm³/mol. The number of esters is 1. The first-order valence-electron chi connectivity index (χ1n) is 7.28. The van der Waals surface area contributed by atoms with Crippen molar-refractivity contribution < 1.29 is 13.9 Å². The Labute approximate surface area is 129 Å². The van der Waals surface area contributed by atoms with Gasteiger partial charge in [-0.1, -0.05) is 0 Å². The SMILES string of the molecule is CCOC(=O)c1c(C)nc(NC(C)(C)C)c2ccc(F)cc12. The number of halogens is 1. The molecule has 0 aliphatic heterocycles. The van der Waals surface area contributed by atoms with Crippen LogP contribution in [0.2, 0.25) is 0 Å². The van der Waals surface area contributed by atoms with Gasteiger partial charge in [0.2, 0.25) is 0 Å². The Bertz CT molecular complexity index is 721. The second-order valence-corrected chi connectivity index (χ2v) is 6.21. The van der Waals surface area contributed by atoms with Crippen LogP contribution in [0.25, 0.3) is 10.8 Å². The lowest BCUT2D eigenvalue weighted by molar-refractivity contribution is 0.0527. The molecule has 1 aromatic heterocycles. The maximum absolute atomic E-state index is 13.7. The first-order chi connectivity index (χ1) is 10.2. The van der Waals surface area contributed by atoms with Crippen molar-refractivity contribution in [3.63, 3.8) is 0 Å². The van der Waals surface area contributed by atoms with E-state index < -0.39 is 11.8 Å². The molecule has 0 atom stereocenters. The van der Waals surface area contributed by atoms with Crippen molar-refractivity contribution in [2.45, 2.75) is 40.2 Å². The van der Waals surface area contributed by atoms with Crippen LogP contribution in [0.3, 0.4) is 0 Å². The number of benzene rings is 1. The van der Waals surface area contributed by atoms with Crippen LogP contribution >= 0.6 is 0 Å². The third kappa shape index (κ3) is 3.35. The van der Waals surface area contributed by atoms with Crippen molar-refractivity contribution in [2.75, 3.05) is 11.9 Å². The van der Waals surface area contributed by atoms with Crippen molar-refractivity contribution in [1.82, 2.24) is 4.98 Å². The molecule has 2 aromatic rings. The summed E-state index contributed by atoms with van der Waals surface area (Å²) in [7, 11) is 0. The number of carbonyl (C=O) groups is 1. The minimum absolute atomic E-state index is 0.202. The lowest BCUT2D eigenvalue weighted by atomic mass is 10.0. The molecule has 0 saturated heterocycles. The van der Waals surface area contributed by atoms with Crippen LogP contribution in [0.1, 0.15) is 43.7 Å². The third-order valence-electron chi connectivity index (χ3n) is 3.12. The third-order valence-corrected chi connectivity index (χ3v) is 3.12. The highest BCUT2D eigenvalue weighted by Gasteiger charge is 2.21. The average Bonchev–Trinajstić information content (AvgIpc) is 2.36. The second kappa shape index (κ2) is 5.91. The van der Waals surface area contributed by atoms with E-state index in [1.165, 1.54) is 12.1 Å². The van der Waals surface area contributed by atoms with Gasteiger partial charge in [0.05, 0.1) is 17.9 Å². The fraction of sp³-hybridized carbons (Fsp3) is 0.412. The van der Waals surface area contributed by atoms with E-state index in [1.807, 2.05) is 20.8 Å². The molecule has 1 aromatic carbocycles. The maximum Gasteiger partial charge on any atom is 0.340 e. The van der Waals surface area contributed by atoms with Gasteiger partial charge in [0, 0.05) is 16.3 Å². The standard InChI is InChI=1S/C17H21FN2O2/c1-6-22-16(21)14-10(2)19-15(20-17(3,4)5)12-8-7-11(18)9-13(12)14/h7-9H,6H2,1-5H3,(H,19,20). The fourth-order valence-corrected chi connectivity index (χ4v) is 2.32. The number of nitrogens with zero attached hydrogens (tertiary/aromatic N) is 1. The van der Waals surface area contributed by atoms with Gasteiger partial charge >= 0.3 is 5.97 Å². The number of anilines is 1. The molecule has 0 saturated carbocycles. The van der Waals surface area contributed by atoms with Crippen molar-refractivity contribution in [3.8, 4) is 0 Å². The number of aryl methyl sites for hydroxylation is 1. The number of hydrogen-bond donors (Lipinski definition) is 1. The van der Waals surface area contributed by atoms with E-state index in [9.17, 15) is 9.18 Å². The van der Waals surface area contributed by atoms with E-state index in [4.69, 9.17) is 4.74 Å². The van der Waals surface area contributed by atoms with Gasteiger partial charge in [-0.15, -0.1) is 0 Å². The molecule has 0 spiro atoms. The summed E-state index contributed by atoms with van der Waals surface area (Å²) in [5.41, 5.74) is 0.630. The van der Waals surface area contributed by atoms with Crippen LogP contribution in [-0.4, -0.2) is 23.1 Å². The highest BCUT2D eigenvalue weighted by atomic mass is 19.1. The van der Waals surface area contributed by atoms with Gasteiger partial charge in [0.15, 0.2) is 0 Å². The van der Waals surface area contributed by atoms with Gasteiger partial charge in [-0.3, -0.25) is 0 Å². The molecule has 2 rings (SSSR count). The van der Waals surface area contributed by atoms with Crippen LogP contribution in [0.4, 0.5) is 10.2 Å². The monoisotopic (exact) mass is 304 g/mol. The molecule has 0 fully saturated rings. The Morgan fingerprint density at radius 3 is 2.59 bits per heavy atom. The quantitative estimate of drug-likeness (QED) is 0.868. The first-order valence-corrected chi connectivity index (χ1v) is 7.28. The van der Waals surface area contributed by atoms with E-state index in [0.717, 1.165) is 0 Å². The number of nitrogens with one attached hydrogen (secondary N) is 1. The molecular weight excluding hydrogens is 283 g/mol. The Morgan fingerprint density at radius 2 is 2.00 bits per heavy atom. The van der Waals surface area contributed by atoms with Gasteiger partial charge in [-0.25, -0.2) is 14.2 Å².